The molecule has 0 saturated carbocycles. The van der Waals surface area contributed by atoms with E-state index < -0.39 is 5.91 Å². The molecule has 3 aromatic rings. The molecular weight excluding hydrogens is 374 g/mol. The minimum atomic E-state index is -0.411. The van der Waals surface area contributed by atoms with E-state index in [4.69, 9.17) is 14.2 Å². The van der Waals surface area contributed by atoms with Crippen molar-refractivity contribution in [2.24, 2.45) is 0 Å². The van der Waals surface area contributed by atoms with Gasteiger partial charge in [0.05, 0.1) is 32.7 Å². The summed E-state index contributed by atoms with van der Waals surface area (Å²) in [5.41, 5.74) is 1.41. The highest BCUT2D eigenvalue weighted by Crippen LogP contribution is 2.29. The summed E-state index contributed by atoms with van der Waals surface area (Å²) in [6.07, 6.45) is 0. The van der Waals surface area contributed by atoms with E-state index >= 15 is 0 Å². The number of methoxy groups -OCH3 is 3. The van der Waals surface area contributed by atoms with Crippen molar-refractivity contribution in [2.75, 3.05) is 26.6 Å². The molecule has 1 heterocycles. The highest BCUT2D eigenvalue weighted by Gasteiger charge is 2.12. The van der Waals surface area contributed by atoms with E-state index in [2.05, 4.69) is 10.4 Å². The molecule has 0 saturated heterocycles. The largest absolute Gasteiger partial charge is 0.497 e. The van der Waals surface area contributed by atoms with Gasteiger partial charge in [-0.15, -0.1) is 0 Å². The van der Waals surface area contributed by atoms with E-state index in [1.54, 1.807) is 44.6 Å². The van der Waals surface area contributed by atoms with Gasteiger partial charge < -0.3 is 19.5 Å². The summed E-state index contributed by atoms with van der Waals surface area (Å²) in [5.74, 6) is 1.31. The first kappa shape index (κ1) is 19.9. The van der Waals surface area contributed by atoms with Gasteiger partial charge in [0.1, 0.15) is 23.8 Å². The number of carbonyl (C=O) groups is 1. The highest BCUT2D eigenvalue weighted by atomic mass is 16.5. The lowest BCUT2D eigenvalue weighted by atomic mass is 10.1. The van der Waals surface area contributed by atoms with E-state index in [0.29, 0.717) is 28.6 Å². The van der Waals surface area contributed by atoms with E-state index in [1.807, 2.05) is 18.2 Å². The molecular formula is C21H21N3O5. The van der Waals surface area contributed by atoms with Crippen molar-refractivity contribution in [3.8, 4) is 28.5 Å². The first-order valence-electron chi connectivity index (χ1n) is 8.78. The lowest BCUT2D eigenvalue weighted by Gasteiger charge is -2.12. The van der Waals surface area contributed by atoms with Crippen LogP contribution in [0, 0.1) is 0 Å². The number of nitrogens with zero attached hydrogens (tertiary/aromatic N) is 2. The van der Waals surface area contributed by atoms with Crippen LogP contribution in [0.3, 0.4) is 0 Å². The van der Waals surface area contributed by atoms with Crippen molar-refractivity contribution < 1.29 is 19.0 Å². The normalized spacial score (nSPS) is 10.3. The lowest BCUT2D eigenvalue weighted by Crippen LogP contribution is -2.29. The number of nitrogens with one attached hydrogen (secondary N) is 1. The Balaban J connectivity index is 1.81. The molecule has 150 valence electrons. The van der Waals surface area contributed by atoms with Gasteiger partial charge in [0.15, 0.2) is 0 Å². The monoisotopic (exact) mass is 395 g/mol. The van der Waals surface area contributed by atoms with Crippen molar-refractivity contribution in [2.45, 2.75) is 6.54 Å². The Kier molecular flexibility index (Phi) is 6.13. The van der Waals surface area contributed by atoms with Gasteiger partial charge in [-0.2, -0.15) is 5.10 Å². The van der Waals surface area contributed by atoms with Gasteiger partial charge in [0.2, 0.25) is 5.91 Å². The number of amides is 1. The summed E-state index contributed by atoms with van der Waals surface area (Å²) < 4.78 is 16.7. The Labute approximate surface area is 167 Å². The molecule has 1 N–H and O–H groups in total. The fourth-order valence-electron chi connectivity index (χ4n) is 2.73. The van der Waals surface area contributed by atoms with E-state index in [9.17, 15) is 9.59 Å². The Morgan fingerprint density at radius 3 is 2.45 bits per heavy atom. The Morgan fingerprint density at radius 1 is 0.966 bits per heavy atom. The molecule has 0 fully saturated rings. The highest BCUT2D eigenvalue weighted by molar-refractivity contribution is 5.92. The quantitative estimate of drug-likeness (QED) is 0.661. The average Bonchev–Trinajstić information content (AvgIpc) is 2.75. The molecule has 2 aromatic carbocycles. The van der Waals surface area contributed by atoms with Gasteiger partial charge in [-0.25, -0.2) is 4.68 Å². The fraction of sp³-hybridized carbons (Fsp3) is 0.190. The summed E-state index contributed by atoms with van der Waals surface area (Å²) in [4.78, 5) is 24.7. The van der Waals surface area contributed by atoms with Crippen molar-refractivity contribution in [3.05, 3.63) is 65.0 Å². The standard InChI is InChI=1S/C21H21N3O5/c1-27-15-6-4-5-14(11-15)17-9-10-21(26)24(23-17)13-20(25)22-18-8-7-16(28-2)12-19(18)29-3/h4-12H,13H2,1-3H3,(H,22,25). The Morgan fingerprint density at radius 2 is 1.72 bits per heavy atom. The maximum Gasteiger partial charge on any atom is 0.267 e. The molecule has 1 amide bonds. The van der Waals surface area contributed by atoms with Gasteiger partial charge in [-0.05, 0) is 30.3 Å². The summed E-state index contributed by atoms with van der Waals surface area (Å²) >= 11 is 0. The molecule has 0 radical (unpaired) electrons. The molecule has 0 unspecified atom stereocenters. The summed E-state index contributed by atoms with van der Waals surface area (Å²) in [6, 6.07) is 15.3. The third-order valence-electron chi connectivity index (χ3n) is 4.21. The second kappa shape index (κ2) is 8.92. The molecule has 3 rings (SSSR count). The molecule has 0 atom stereocenters. The lowest BCUT2D eigenvalue weighted by molar-refractivity contribution is -0.117. The van der Waals surface area contributed by atoms with Crippen LogP contribution < -0.4 is 25.1 Å². The Bertz CT molecular complexity index is 1080. The minimum Gasteiger partial charge on any atom is -0.497 e. The maximum atomic E-state index is 12.5. The molecule has 0 aliphatic carbocycles. The van der Waals surface area contributed by atoms with Gasteiger partial charge in [0, 0.05) is 17.7 Å². The first-order valence-corrected chi connectivity index (χ1v) is 8.78. The number of hydrogen-bond acceptors (Lipinski definition) is 6. The molecule has 0 spiro atoms. The molecule has 8 nitrogen and oxygen atoms in total. The maximum absolute atomic E-state index is 12.5. The van der Waals surface area contributed by atoms with Crippen LogP contribution in [0.2, 0.25) is 0 Å². The zero-order valence-electron chi connectivity index (χ0n) is 16.3. The Hall–Kier alpha value is -3.81. The third-order valence-corrected chi connectivity index (χ3v) is 4.21. The fourth-order valence-corrected chi connectivity index (χ4v) is 2.73. The predicted octanol–water partition coefficient (Wildman–Crippen LogP) is 2.57. The zero-order valence-corrected chi connectivity index (χ0v) is 16.3. The van der Waals surface area contributed by atoms with Gasteiger partial charge >= 0.3 is 0 Å². The summed E-state index contributed by atoms with van der Waals surface area (Å²) in [6.45, 7) is -0.244. The van der Waals surface area contributed by atoms with Crippen LogP contribution in [0.25, 0.3) is 11.3 Å². The van der Waals surface area contributed by atoms with Crippen molar-refractivity contribution in [1.29, 1.82) is 0 Å². The van der Waals surface area contributed by atoms with Gasteiger partial charge in [-0.3, -0.25) is 9.59 Å². The molecule has 0 aliphatic heterocycles. The number of anilines is 1. The van der Waals surface area contributed by atoms with Gasteiger partial charge in [0.25, 0.3) is 5.56 Å². The van der Waals surface area contributed by atoms with E-state index in [0.717, 1.165) is 10.2 Å². The van der Waals surface area contributed by atoms with Crippen LogP contribution in [0.15, 0.2) is 59.4 Å². The molecule has 29 heavy (non-hydrogen) atoms. The summed E-state index contributed by atoms with van der Waals surface area (Å²) in [7, 11) is 4.61. The number of hydrogen-bond donors (Lipinski definition) is 1. The topological polar surface area (TPSA) is 91.7 Å². The minimum absolute atomic E-state index is 0.244. The second-order valence-corrected chi connectivity index (χ2v) is 6.06. The summed E-state index contributed by atoms with van der Waals surface area (Å²) in [5, 5.41) is 7.03. The van der Waals surface area contributed by atoms with Crippen LogP contribution in [0.5, 0.6) is 17.2 Å². The number of ether oxygens (including phenoxy) is 3. The van der Waals surface area contributed by atoms with E-state index in [1.165, 1.54) is 13.2 Å². The first-order chi connectivity index (χ1) is 14.0. The van der Waals surface area contributed by atoms with Crippen LogP contribution in [-0.2, 0) is 11.3 Å². The molecule has 1 aromatic heterocycles. The van der Waals surface area contributed by atoms with E-state index in [-0.39, 0.29) is 12.1 Å². The second-order valence-electron chi connectivity index (χ2n) is 6.06. The number of carbonyl (C=O) groups excluding carboxylic acids is 1. The number of benzene rings is 2. The SMILES string of the molecule is COc1cccc(-c2ccc(=O)n(CC(=O)Nc3ccc(OC)cc3OC)n2)c1. The molecule has 0 aliphatic rings. The molecule has 0 bridgehead atoms. The van der Waals surface area contributed by atoms with Crippen LogP contribution in [0.1, 0.15) is 0 Å². The number of rotatable bonds is 7. The van der Waals surface area contributed by atoms with Crippen molar-refractivity contribution in [3.63, 3.8) is 0 Å². The smallest absolute Gasteiger partial charge is 0.267 e. The van der Waals surface area contributed by atoms with Crippen LogP contribution in [-0.4, -0.2) is 37.0 Å². The zero-order chi connectivity index (χ0) is 20.8. The van der Waals surface area contributed by atoms with Crippen molar-refractivity contribution >= 4 is 11.6 Å². The van der Waals surface area contributed by atoms with Crippen molar-refractivity contribution in [1.82, 2.24) is 9.78 Å². The predicted molar refractivity (Wildman–Crippen MR) is 109 cm³/mol. The number of aromatic nitrogens is 2. The van der Waals surface area contributed by atoms with Crippen LogP contribution in [0.4, 0.5) is 5.69 Å². The molecule has 8 heteroatoms. The third kappa shape index (κ3) is 4.73. The van der Waals surface area contributed by atoms with Crippen LogP contribution >= 0.6 is 0 Å². The average molecular weight is 395 g/mol. The van der Waals surface area contributed by atoms with Gasteiger partial charge in [-0.1, -0.05) is 12.1 Å².